The van der Waals surface area contributed by atoms with E-state index in [-0.39, 0.29) is 29.6 Å². The first-order valence-corrected chi connectivity index (χ1v) is 9.69. The number of benzene rings is 2. The number of anilines is 1. The number of carbonyl (C=O) groups excluding carboxylic acids is 1. The van der Waals surface area contributed by atoms with Crippen molar-refractivity contribution in [1.82, 2.24) is 4.98 Å². The molecule has 0 aliphatic heterocycles. The fraction of sp³-hybridized carbons (Fsp3) is 0.182. The van der Waals surface area contributed by atoms with Gasteiger partial charge in [0.05, 0.1) is 23.2 Å². The molecule has 1 aliphatic rings. The number of nitrogens with zero attached hydrogens (tertiary/aromatic N) is 1. The van der Waals surface area contributed by atoms with E-state index in [1.165, 1.54) is 18.3 Å². The average molecular weight is 449 g/mol. The lowest BCUT2D eigenvalue weighted by Crippen LogP contribution is -2.17. The minimum Gasteiger partial charge on any atom is -0.477 e. The highest BCUT2D eigenvalue weighted by Gasteiger charge is 2.57. The smallest absolute Gasteiger partial charge is 0.417 e. The largest absolute Gasteiger partial charge is 0.477 e. The van der Waals surface area contributed by atoms with Gasteiger partial charge in [0.15, 0.2) is 0 Å². The van der Waals surface area contributed by atoms with Crippen LogP contribution in [0, 0.1) is 11.7 Å². The zero-order chi connectivity index (χ0) is 22.0. The number of alkyl halides is 2. The van der Waals surface area contributed by atoms with E-state index in [2.05, 4.69) is 10.3 Å². The minimum absolute atomic E-state index is 0.117. The molecule has 1 fully saturated rings. The molecule has 0 saturated heterocycles. The fourth-order valence-electron chi connectivity index (χ4n) is 2.86. The Morgan fingerprint density at radius 2 is 1.94 bits per heavy atom. The Kier molecular flexibility index (Phi) is 5.73. The third-order valence-electron chi connectivity index (χ3n) is 4.68. The Morgan fingerprint density at radius 1 is 1.19 bits per heavy atom. The third-order valence-corrected chi connectivity index (χ3v) is 5.00. The molecule has 1 unspecified atom stereocenters. The number of nitrogens with one attached hydrogen (secondary N) is 1. The van der Waals surface area contributed by atoms with E-state index in [4.69, 9.17) is 21.1 Å². The molecule has 0 spiro atoms. The van der Waals surface area contributed by atoms with Crippen LogP contribution < -0.4 is 14.8 Å². The average Bonchev–Trinajstić information content (AvgIpc) is 3.36. The molecular formula is C22H16ClF3N2O3. The Hall–Kier alpha value is -3.26. The first kappa shape index (κ1) is 21.0. The molecule has 2 aromatic carbocycles. The van der Waals surface area contributed by atoms with Crippen LogP contribution in [0.15, 0.2) is 60.8 Å². The van der Waals surface area contributed by atoms with E-state index in [0.717, 1.165) is 6.07 Å². The summed E-state index contributed by atoms with van der Waals surface area (Å²) in [7, 11) is 0. The van der Waals surface area contributed by atoms with Crippen LogP contribution in [0.4, 0.5) is 23.7 Å². The monoisotopic (exact) mass is 448 g/mol. The van der Waals surface area contributed by atoms with Crippen LogP contribution in [-0.2, 0) is 0 Å². The van der Waals surface area contributed by atoms with Crippen LogP contribution in [0.25, 0.3) is 11.1 Å². The maximum atomic E-state index is 14.5. The maximum Gasteiger partial charge on any atom is 0.417 e. The van der Waals surface area contributed by atoms with E-state index < -0.39 is 23.8 Å². The Bertz CT molecular complexity index is 1100. The van der Waals surface area contributed by atoms with Crippen LogP contribution in [-0.4, -0.2) is 23.6 Å². The van der Waals surface area contributed by atoms with Gasteiger partial charge in [-0.25, -0.2) is 22.9 Å². The summed E-state index contributed by atoms with van der Waals surface area (Å²) in [5, 5.41) is 2.48. The van der Waals surface area contributed by atoms with E-state index in [9.17, 15) is 18.0 Å². The summed E-state index contributed by atoms with van der Waals surface area (Å²) >= 11 is 6.26. The molecular weight excluding hydrogens is 433 g/mol. The number of carbonyl (C=O) groups is 1. The molecule has 1 N–H and O–H groups in total. The molecule has 3 aromatic rings. The predicted molar refractivity (Wildman–Crippen MR) is 109 cm³/mol. The zero-order valence-electron chi connectivity index (χ0n) is 15.9. The summed E-state index contributed by atoms with van der Waals surface area (Å²) in [6.07, 6.45) is 0.357. The second kappa shape index (κ2) is 8.47. The van der Waals surface area contributed by atoms with Gasteiger partial charge in [0.2, 0.25) is 5.88 Å². The Labute approximate surface area is 180 Å². The summed E-state index contributed by atoms with van der Waals surface area (Å²) in [5.74, 6) is -3.67. The van der Waals surface area contributed by atoms with Crippen LogP contribution in [0.3, 0.4) is 0 Å². The lowest BCUT2D eigenvalue weighted by atomic mass is 10.1. The number of rotatable bonds is 6. The number of amides is 1. The van der Waals surface area contributed by atoms with Crippen molar-refractivity contribution in [2.45, 2.75) is 12.3 Å². The molecule has 1 aliphatic carbocycles. The van der Waals surface area contributed by atoms with Gasteiger partial charge in [-0.3, -0.25) is 5.32 Å². The second-order valence-corrected chi connectivity index (χ2v) is 7.40. The molecule has 0 radical (unpaired) electrons. The van der Waals surface area contributed by atoms with Gasteiger partial charge in [0.1, 0.15) is 11.6 Å². The quantitative estimate of drug-likeness (QED) is 0.488. The van der Waals surface area contributed by atoms with Crippen LogP contribution in [0.1, 0.15) is 6.42 Å². The molecule has 1 heterocycles. The van der Waals surface area contributed by atoms with Gasteiger partial charge in [0.25, 0.3) is 5.92 Å². The standard InChI is InChI=1S/C22H16ClF3N2O3/c23-17-9-19(28-21(29)31-15-4-2-1-3-5-15)18(24)8-16(17)13-6-7-20(27-11-13)30-12-14-10-22(14,25)26/h1-9,11,14H,10,12H2,(H,28,29). The highest BCUT2D eigenvalue weighted by molar-refractivity contribution is 6.33. The van der Waals surface area contributed by atoms with Crippen molar-refractivity contribution in [3.05, 3.63) is 71.6 Å². The molecule has 1 aromatic heterocycles. The second-order valence-electron chi connectivity index (χ2n) is 7.00. The van der Waals surface area contributed by atoms with E-state index in [1.54, 1.807) is 36.4 Å². The van der Waals surface area contributed by atoms with Crippen LogP contribution in [0.5, 0.6) is 11.6 Å². The van der Waals surface area contributed by atoms with Crippen molar-refractivity contribution in [2.24, 2.45) is 5.92 Å². The summed E-state index contributed by atoms with van der Waals surface area (Å²) in [6, 6.07) is 13.8. The highest BCUT2D eigenvalue weighted by atomic mass is 35.5. The molecule has 1 saturated carbocycles. The van der Waals surface area contributed by atoms with Gasteiger partial charge in [-0.05, 0) is 30.3 Å². The van der Waals surface area contributed by atoms with Crippen molar-refractivity contribution in [3.8, 4) is 22.8 Å². The first-order valence-electron chi connectivity index (χ1n) is 9.32. The number of hydrogen-bond acceptors (Lipinski definition) is 4. The fourth-order valence-corrected chi connectivity index (χ4v) is 3.13. The van der Waals surface area contributed by atoms with Crippen LogP contribution in [0.2, 0.25) is 5.02 Å². The molecule has 0 bridgehead atoms. The lowest BCUT2D eigenvalue weighted by molar-refractivity contribution is 0.0849. The molecule has 31 heavy (non-hydrogen) atoms. The highest BCUT2D eigenvalue weighted by Crippen LogP contribution is 2.48. The van der Waals surface area contributed by atoms with E-state index in [0.29, 0.717) is 16.9 Å². The van der Waals surface area contributed by atoms with Crippen molar-refractivity contribution in [2.75, 3.05) is 11.9 Å². The van der Waals surface area contributed by atoms with Gasteiger partial charge in [-0.1, -0.05) is 29.8 Å². The molecule has 160 valence electrons. The number of aromatic nitrogens is 1. The molecule has 1 amide bonds. The molecule has 4 rings (SSSR count). The van der Waals surface area contributed by atoms with Gasteiger partial charge in [0, 0.05) is 29.8 Å². The Balaban J connectivity index is 1.42. The number of hydrogen-bond donors (Lipinski definition) is 1. The molecule has 5 nitrogen and oxygen atoms in total. The lowest BCUT2D eigenvalue weighted by Gasteiger charge is -2.11. The predicted octanol–water partition coefficient (Wildman–Crippen LogP) is 6.19. The number of para-hydroxylation sites is 1. The van der Waals surface area contributed by atoms with Crippen molar-refractivity contribution in [1.29, 1.82) is 0 Å². The molecule has 9 heteroatoms. The summed E-state index contributed by atoms with van der Waals surface area (Å²) in [4.78, 5) is 16.0. The van der Waals surface area contributed by atoms with Crippen LogP contribution >= 0.6 is 11.6 Å². The van der Waals surface area contributed by atoms with Crippen molar-refractivity contribution in [3.63, 3.8) is 0 Å². The van der Waals surface area contributed by atoms with Gasteiger partial charge >= 0.3 is 6.09 Å². The van der Waals surface area contributed by atoms with Gasteiger partial charge in [-0.2, -0.15) is 0 Å². The maximum absolute atomic E-state index is 14.5. The van der Waals surface area contributed by atoms with Gasteiger partial charge in [-0.15, -0.1) is 0 Å². The molecule has 1 atom stereocenters. The number of pyridine rings is 1. The van der Waals surface area contributed by atoms with Crippen molar-refractivity contribution >= 4 is 23.4 Å². The SMILES string of the molecule is O=C(Nc1cc(Cl)c(-c2ccc(OCC3CC3(F)F)nc2)cc1F)Oc1ccccc1. The summed E-state index contributed by atoms with van der Waals surface area (Å²) in [6.45, 7) is -0.117. The number of ether oxygens (including phenoxy) is 2. The van der Waals surface area contributed by atoms with E-state index >= 15 is 0 Å². The zero-order valence-corrected chi connectivity index (χ0v) is 16.7. The van der Waals surface area contributed by atoms with E-state index in [1.807, 2.05) is 0 Å². The topological polar surface area (TPSA) is 60.5 Å². The first-order chi connectivity index (χ1) is 14.8. The summed E-state index contributed by atoms with van der Waals surface area (Å²) in [5.41, 5.74) is 0.688. The normalized spacial score (nSPS) is 16.5. The van der Waals surface area contributed by atoms with Gasteiger partial charge < -0.3 is 9.47 Å². The summed E-state index contributed by atoms with van der Waals surface area (Å²) < 4.78 is 50.7. The Morgan fingerprint density at radius 3 is 2.58 bits per heavy atom. The minimum atomic E-state index is -2.66. The third kappa shape index (κ3) is 5.08. The number of halogens is 4. The van der Waals surface area contributed by atoms with Crippen molar-refractivity contribution < 1.29 is 27.4 Å².